The molecule has 1 aromatic heterocycles. The van der Waals surface area contributed by atoms with Crippen molar-refractivity contribution < 1.29 is 4.39 Å². The molecule has 1 aliphatic rings. The van der Waals surface area contributed by atoms with Crippen molar-refractivity contribution in [1.29, 1.82) is 0 Å². The molecule has 0 saturated carbocycles. The molecule has 4 nitrogen and oxygen atoms in total. The average Bonchev–Trinajstić information content (AvgIpc) is 2.90. The number of aromatic nitrogens is 2. The molecule has 1 aliphatic heterocycles. The molecule has 0 unspecified atom stereocenters. The summed E-state index contributed by atoms with van der Waals surface area (Å²) in [6, 6.07) is 4.92. The lowest BCUT2D eigenvalue weighted by Crippen LogP contribution is -2.18. The number of nitrogens with zero attached hydrogens (tertiary/aromatic N) is 3. The fraction of sp³-hybridized carbons (Fsp3) is 0.357. The number of nitrogens with two attached hydrogens (primary N) is 1. The highest BCUT2D eigenvalue weighted by Gasteiger charge is 2.26. The highest BCUT2D eigenvalue weighted by molar-refractivity contribution is 5.77. The number of hydrogen-bond donors (Lipinski definition) is 1. The van der Waals surface area contributed by atoms with Crippen LogP contribution in [0.15, 0.2) is 18.2 Å². The monoisotopic (exact) mass is 260 g/mol. The predicted molar refractivity (Wildman–Crippen MR) is 74.1 cm³/mol. The van der Waals surface area contributed by atoms with Crippen molar-refractivity contribution in [3.63, 3.8) is 0 Å². The summed E-state index contributed by atoms with van der Waals surface area (Å²) in [7, 11) is 1.88. The maximum Gasteiger partial charge on any atom is 0.154 e. The molecule has 100 valence electrons. The van der Waals surface area contributed by atoms with Crippen LogP contribution in [-0.4, -0.2) is 16.3 Å². The number of aryl methyl sites for hydroxylation is 2. The second-order valence-corrected chi connectivity index (χ2v) is 4.84. The maximum atomic E-state index is 13.4. The molecular weight excluding hydrogens is 243 g/mol. The van der Waals surface area contributed by atoms with Crippen molar-refractivity contribution in [2.75, 3.05) is 17.2 Å². The fourth-order valence-electron chi connectivity index (χ4n) is 2.74. The first-order valence-corrected chi connectivity index (χ1v) is 6.49. The van der Waals surface area contributed by atoms with Gasteiger partial charge in [0.1, 0.15) is 5.82 Å². The maximum absolute atomic E-state index is 13.4. The largest absolute Gasteiger partial charge is 0.394 e. The van der Waals surface area contributed by atoms with E-state index >= 15 is 0 Å². The van der Waals surface area contributed by atoms with Gasteiger partial charge in [0, 0.05) is 19.3 Å². The van der Waals surface area contributed by atoms with Crippen LogP contribution in [0.1, 0.15) is 18.2 Å². The summed E-state index contributed by atoms with van der Waals surface area (Å²) in [5, 5.41) is 4.42. The molecule has 0 bridgehead atoms. The highest BCUT2D eigenvalue weighted by atomic mass is 19.1. The lowest BCUT2D eigenvalue weighted by atomic mass is 10.2. The van der Waals surface area contributed by atoms with Crippen LogP contribution in [0.4, 0.5) is 21.6 Å². The molecule has 0 saturated heterocycles. The topological polar surface area (TPSA) is 47.1 Å². The zero-order valence-corrected chi connectivity index (χ0v) is 11.2. The fourth-order valence-corrected chi connectivity index (χ4v) is 2.74. The summed E-state index contributed by atoms with van der Waals surface area (Å²) >= 11 is 0. The lowest BCUT2D eigenvalue weighted by molar-refractivity contribution is 0.627. The minimum atomic E-state index is -0.220. The Labute approximate surface area is 111 Å². The summed E-state index contributed by atoms with van der Waals surface area (Å²) < 4.78 is 15.2. The van der Waals surface area contributed by atoms with E-state index in [-0.39, 0.29) is 5.82 Å². The van der Waals surface area contributed by atoms with E-state index in [2.05, 4.69) is 10.00 Å². The Kier molecular flexibility index (Phi) is 2.69. The summed E-state index contributed by atoms with van der Waals surface area (Å²) in [4.78, 5) is 2.06. The molecule has 3 rings (SSSR count). The smallest absolute Gasteiger partial charge is 0.154 e. The number of fused-ring (bicyclic) bond motifs is 1. The van der Waals surface area contributed by atoms with Gasteiger partial charge in [-0.05, 0) is 30.5 Å². The highest BCUT2D eigenvalue weighted by Crippen LogP contribution is 2.38. The van der Waals surface area contributed by atoms with Crippen molar-refractivity contribution in [3.05, 3.63) is 35.3 Å². The Balaban J connectivity index is 2.11. The van der Waals surface area contributed by atoms with Crippen LogP contribution in [-0.2, 0) is 19.9 Å². The van der Waals surface area contributed by atoms with E-state index in [0.29, 0.717) is 5.69 Å². The second-order valence-electron chi connectivity index (χ2n) is 4.84. The zero-order valence-electron chi connectivity index (χ0n) is 11.2. The third kappa shape index (κ3) is 1.77. The molecule has 1 aromatic carbocycles. The summed E-state index contributed by atoms with van der Waals surface area (Å²) in [5.74, 6) is 0.642. The molecule has 0 fully saturated rings. The number of nitrogen functional groups attached to an aromatic ring is 1. The number of anilines is 3. The minimum absolute atomic E-state index is 0.220. The van der Waals surface area contributed by atoms with Crippen LogP contribution >= 0.6 is 0 Å². The van der Waals surface area contributed by atoms with E-state index in [1.807, 2.05) is 20.0 Å². The molecule has 0 radical (unpaired) electrons. The molecule has 2 heterocycles. The van der Waals surface area contributed by atoms with Gasteiger partial charge in [0.05, 0.1) is 11.4 Å². The standard InChI is InChI=1S/C14H17FN4/c1-3-11-13(16)14(18(2)17-11)19-7-6-9-4-5-10(15)8-12(9)19/h4-5,8H,3,6-7,16H2,1-2H3. The Bertz CT molecular complexity index is 633. The van der Waals surface area contributed by atoms with E-state index in [0.717, 1.165) is 42.1 Å². The average molecular weight is 260 g/mol. The van der Waals surface area contributed by atoms with Gasteiger partial charge in [-0.15, -0.1) is 0 Å². The van der Waals surface area contributed by atoms with Crippen LogP contribution in [0.3, 0.4) is 0 Å². The number of rotatable bonds is 2. The van der Waals surface area contributed by atoms with Gasteiger partial charge in [0.15, 0.2) is 5.82 Å². The molecule has 5 heteroatoms. The Morgan fingerprint density at radius 3 is 2.89 bits per heavy atom. The molecule has 2 N–H and O–H groups in total. The summed E-state index contributed by atoms with van der Waals surface area (Å²) in [5.41, 5.74) is 9.81. The van der Waals surface area contributed by atoms with Gasteiger partial charge in [-0.1, -0.05) is 13.0 Å². The minimum Gasteiger partial charge on any atom is -0.394 e. The third-order valence-corrected chi connectivity index (χ3v) is 3.66. The van der Waals surface area contributed by atoms with Crippen LogP contribution < -0.4 is 10.6 Å². The van der Waals surface area contributed by atoms with Crippen molar-refractivity contribution in [2.45, 2.75) is 19.8 Å². The summed E-state index contributed by atoms with van der Waals surface area (Å²) in [6.45, 7) is 2.84. The normalized spacial score (nSPS) is 13.9. The van der Waals surface area contributed by atoms with Gasteiger partial charge >= 0.3 is 0 Å². The van der Waals surface area contributed by atoms with Gasteiger partial charge < -0.3 is 10.6 Å². The third-order valence-electron chi connectivity index (χ3n) is 3.66. The zero-order chi connectivity index (χ0) is 13.6. The second kappa shape index (κ2) is 4.26. The van der Waals surface area contributed by atoms with E-state index in [9.17, 15) is 4.39 Å². The first-order chi connectivity index (χ1) is 9.11. The summed E-state index contributed by atoms with van der Waals surface area (Å²) in [6.07, 6.45) is 1.70. The van der Waals surface area contributed by atoms with Crippen LogP contribution in [0, 0.1) is 5.82 Å². The molecule has 0 spiro atoms. The van der Waals surface area contributed by atoms with E-state index in [1.165, 1.54) is 6.07 Å². The molecule has 2 aromatic rings. The van der Waals surface area contributed by atoms with Crippen molar-refractivity contribution in [1.82, 2.24) is 9.78 Å². The van der Waals surface area contributed by atoms with Gasteiger partial charge in [0.2, 0.25) is 0 Å². The quantitative estimate of drug-likeness (QED) is 0.902. The Morgan fingerprint density at radius 1 is 1.42 bits per heavy atom. The molecule has 0 aliphatic carbocycles. The first-order valence-electron chi connectivity index (χ1n) is 6.49. The van der Waals surface area contributed by atoms with Gasteiger partial charge in [-0.2, -0.15) is 5.10 Å². The van der Waals surface area contributed by atoms with Crippen LogP contribution in [0.2, 0.25) is 0 Å². The van der Waals surface area contributed by atoms with Crippen LogP contribution in [0.5, 0.6) is 0 Å². The molecule has 19 heavy (non-hydrogen) atoms. The predicted octanol–water partition coefficient (Wildman–Crippen LogP) is 2.40. The van der Waals surface area contributed by atoms with Gasteiger partial charge in [-0.25, -0.2) is 4.39 Å². The molecule has 0 atom stereocenters. The van der Waals surface area contributed by atoms with E-state index in [1.54, 1.807) is 10.7 Å². The van der Waals surface area contributed by atoms with Crippen molar-refractivity contribution in [3.8, 4) is 0 Å². The van der Waals surface area contributed by atoms with Crippen molar-refractivity contribution in [2.24, 2.45) is 7.05 Å². The van der Waals surface area contributed by atoms with E-state index in [4.69, 9.17) is 5.73 Å². The first kappa shape index (κ1) is 12.0. The Hall–Kier alpha value is -2.04. The molecule has 0 amide bonds. The number of benzene rings is 1. The van der Waals surface area contributed by atoms with Crippen molar-refractivity contribution >= 4 is 17.2 Å². The Morgan fingerprint density at radius 2 is 2.21 bits per heavy atom. The molecular formula is C14H17FN4. The van der Waals surface area contributed by atoms with Crippen LogP contribution in [0.25, 0.3) is 0 Å². The van der Waals surface area contributed by atoms with Gasteiger partial charge in [0.25, 0.3) is 0 Å². The number of hydrogen-bond acceptors (Lipinski definition) is 3. The SMILES string of the molecule is CCc1nn(C)c(N2CCc3ccc(F)cc32)c1N. The lowest BCUT2D eigenvalue weighted by Gasteiger charge is -2.20. The number of halogens is 1. The van der Waals surface area contributed by atoms with E-state index < -0.39 is 0 Å². The van der Waals surface area contributed by atoms with Gasteiger partial charge in [-0.3, -0.25) is 4.68 Å².